The van der Waals surface area contributed by atoms with Crippen molar-refractivity contribution in [2.75, 3.05) is 38.5 Å². The molecule has 7 nitrogen and oxygen atoms in total. The van der Waals surface area contributed by atoms with Gasteiger partial charge >= 0.3 is 0 Å². The van der Waals surface area contributed by atoms with Gasteiger partial charge in [0.2, 0.25) is 0 Å². The van der Waals surface area contributed by atoms with Crippen molar-refractivity contribution in [1.82, 2.24) is 14.8 Å². The molecular formula is C24H31N5O2S2. The number of nitrogens with one attached hydrogen (secondary N) is 1. The average Bonchev–Trinajstić information content (AvgIpc) is 3.25. The van der Waals surface area contributed by atoms with E-state index in [4.69, 9.17) is 14.9 Å². The number of rotatable bonds is 8. The smallest absolute Gasteiger partial charge is 0.187 e. The van der Waals surface area contributed by atoms with Gasteiger partial charge in [-0.1, -0.05) is 24.3 Å². The van der Waals surface area contributed by atoms with Crippen molar-refractivity contribution in [3.05, 3.63) is 53.4 Å². The fraction of sp³-hybridized carbons (Fsp3) is 0.375. The first-order valence-electron chi connectivity index (χ1n) is 11.1. The summed E-state index contributed by atoms with van der Waals surface area (Å²) in [5.74, 6) is 0.671. The van der Waals surface area contributed by atoms with Crippen LogP contribution in [0, 0.1) is 0 Å². The Kier molecular flexibility index (Phi) is 7.77. The Balaban J connectivity index is 1.46. The average molecular weight is 486 g/mol. The zero-order valence-electron chi connectivity index (χ0n) is 19.3. The molecule has 9 heteroatoms. The molecule has 4 rings (SSSR count). The number of ether oxygens (including phenoxy) is 1. The largest absolute Gasteiger partial charge is 0.489 e. The third kappa shape index (κ3) is 6.39. The van der Waals surface area contributed by atoms with Crippen LogP contribution in [-0.2, 0) is 17.5 Å². The van der Waals surface area contributed by atoms with Crippen molar-refractivity contribution in [2.24, 2.45) is 5.14 Å². The van der Waals surface area contributed by atoms with Gasteiger partial charge in [0.15, 0.2) is 5.13 Å². The maximum atomic E-state index is 11.7. The minimum absolute atomic E-state index is 0.0102. The van der Waals surface area contributed by atoms with Crippen molar-refractivity contribution in [3.8, 4) is 17.0 Å². The second kappa shape index (κ2) is 10.8. The van der Waals surface area contributed by atoms with Gasteiger partial charge in [0, 0.05) is 43.7 Å². The van der Waals surface area contributed by atoms with E-state index in [0.29, 0.717) is 16.3 Å². The van der Waals surface area contributed by atoms with E-state index in [-0.39, 0.29) is 6.10 Å². The molecule has 1 unspecified atom stereocenters. The normalized spacial score (nSPS) is 16.2. The molecule has 1 aromatic heterocycles. The molecule has 3 aromatic rings. The Bertz CT molecular complexity index is 1090. The summed E-state index contributed by atoms with van der Waals surface area (Å²) in [6.07, 6.45) is 0.0102. The first-order chi connectivity index (χ1) is 15.9. The van der Waals surface area contributed by atoms with Gasteiger partial charge in [0.25, 0.3) is 0 Å². The monoisotopic (exact) mass is 485 g/mol. The molecule has 176 valence electrons. The summed E-state index contributed by atoms with van der Waals surface area (Å²) in [6.45, 7) is 9.39. The molecule has 0 aliphatic carbocycles. The van der Waals surface area contributed by atoms with E-state index in [1.807, 2.05) is 19.2 Å². The minimum atomic E-state index is -1.57. The Morgan fingerprint density at radius 2 is 1.88 bits per heavy atom. The Morgan fingerprint density at radius 1 is 1.15 bits per heavy atom. The zero-order valence-corrected chi connectivity index (χ0v) is 20.9. The highest BCUT2D eigenvalue weighted by Crippen LogP contribution is 2.33. The summed E-state index contributed by atoms with van der Waals surface area (Å²) in [4.78, 5) is 10.2. The third-order valence-electron chi connectivity index (χ3n) is 5.54. The number of likely N-dealkylation sites (N-methyl/N-ethyl adjacent to an activating group) is 1. The van der Waals surface area contributed by atoms with Gasteiger partial charge in [-0.15, -0.1) is 11.3 Å². The number of nitrogens with zero attached hydrogens (tertiary/aromatic N) is 3. The van der Waals surface area contributed by atoms with Crippen molar-refractivity contribution in [1.29, 1.82) is 0 Å². The summed E-state index contributed by atoms with van der Waals surface area (Å²) in [5.41, 5.74) is 4.01. The molecule has 33 heavy (non-hydrogen) atoms. The minimum Gasteiger partial charge on any atom is -0.489 e. The lowest BCUT2D eigenvalue weighted by Crippen LogP contribution is -2.43. The van der Waals surface area contributed by atoms with Gasteiger partial charge in [-0.3, -0.25) is 4.90 Å². The SMILES string of the molecule is CC(C)Oc1ccc(S(N)=O)cc1Nc1nc(-c2ccc(CN3CCN(C)CC3)cc2)cs1. The molecule has 0 saturated carbocycles. The van der Waals surface area contributed by atoms with Crippen molar-refractivity contribution in [2.45, 2.75) is 31.4 Å². The predicted molar refractivity (Wildman–Crippen MR) is 136 cm³/mol. The van der Waals surface area contributed by atoms with Gasteiger partial charge in [-0.2, -0.15) is 0 Å². The highest BCUT2D eigenvalue weighted by Gasteiger charge is 2.15. The van der Waals surface area contributed by atoms with E-state index in [1.54, 1.807) is 18.2 Å². The van der Waals surface area contributed by atoms with E-state index < -0.39 is 11.0 Å². The molecule has 1 aliphatic heterocycles. The lowest BCUT2D eigenvalue weighted by Gasteiger charge is -2.32. The number of hydrogen-bond acceptors (Lipinski definition) is 7. The van der Waals surface area contributed by atoms with Crippen LogP contribution in [0.2, 0.25) is 0 Å². The molecule has 1 atom stereocenters. The van der Waals surface area contributed by atoms with Crippen LogP contribution < -0.4 is 15.2 Å². The maximum Gasteiger partial charge on any atom is 0.187 e. The number of hydrogen-bond donors (Lipinski definition) is 2. The molecule has 3 N–H and O–H groups in total. The quantitative estimate of drug-likeness (QED) is 0.500. The summed E-state index contributed by atoms with van der Waals surface area (Å²) in [7, 11) is 0.609. The first kappa shape index (κ1) is 23.8. The van der Waals surface area contributed by atoms with E-state index in [9.17, 15) is 4.21 Å². The fourth-order valence-electron chi connectivity index (χ4n) is 3.71. The van der Waals surface area contributed by atoms with Gasteiger partial charge in [0.05, 0.1) is 22.4 Å². The van der Waals surface area contributed by atoms with Crippen molar-refractivity contribution < 1.29 is 8.95 Å². The van der Waals surface area contributed by atoms with Crippen LogP contribution in [0.3, 0.4) is 0 Å². The molecule has 2 aromatic carbocycles. The molecule has 1 saturated heterocycles. The summed E-state index contributed by atoms with van der Waals surface area (Å²) in [6, 6.07) is 13.9. The van der Waals surface area contributed by atoms with Crippen LogP contribution in [-0.4, -0.2) is 58.3 Å². The first-order valence-corrected chi connectivity index (χ1v) is 13.2. The molecule has 1 fully saturated rings. The molecule has 0 spiro atoms. The second-order valence-electron chi connectivity index (χ2n) is 8.56. The van der Waals surface area contributed by atoms with Crippen LogP contribution in [0.4, 0.5) is 10.8 Å². The molecule has 0 radical (unpaired) electrons. The number of aromatic nitrogens is 1. The fourth-order valence-corrected chi connectivity index (χ4v) is 4.88. The van der Waals surface area contributed by atoms with Gasteiger partial charge < -0.3 is 15.0 Å². The highest BCUT2D eigenvalue weighted by molar-refractivity contribution is 7.82. The number of nitrogens with two attached hydrogens (primary N) is 1. The molecule has 0 bridgehead atoms. The Labute approximate surface area is 202 Å². The topological polar surface area (TPSA) is 83.7 Å². The van der Waals surface area contributed by atoms with E-state index >= 15 is 0 Å². The van der Waals surface area contributed by atoms with Gasteiger partial charge in [0.1, 0.15) is 16.7 Å². The van der Waals surface area contributed by atoms with Crippen molar-refractivity contribution >= 4 is 33.1 Å². The number of thiazole rings is 1. The van der Waals surface area contributed by atoms with Crippen LogP contribution in [0.25, 0.3) is 11.3 Å². The van der Waals surface area contributed by atoms with Crippen LogP contribution >= 0.6 is 11.3 Å². The summed E-state index contributed by atoms with van der Waals surface area (Å²) >= 11 is 1.52. The van der Waals surface area contributed by atoms with E-state index in [1.165, 1.54) is 16.9 Å². The number of piperazine rings is 1. The second-order valence-corrected chi connectivity index (χ2v) is 10.5. The summed E-state index contributed by atoms with van der Waals surface area (Å²) < 4.78 is 17.6. The molecule has 0 amide bonds. The molecule has 1 aliphatic rings. The summed E-state index contributed by atoms with van der Waals surface area (Å²) in [5, 5.41) is 11.7. The maximum absolute atomic E-state index is 11.7. The number of anilines is 2. The van der Waals surface area contributed by atoms with Crippen LogP contribution in [0.15, 0.2) is 52.7 Å². The van der Waals surface area contributed by atoms with Crippen molar-refractivity contribution in [3.63, 3.8) is 0 Å². The Morgan fingerprint density at radius 3 is 2.55 bits per heavy atom. The predicted octanol–water partition coefficient (Wildman–Crippen LogP) is 4.07. The Hall–Kier alpha value is -2.30. The lowest BCUT2D eigenvalue weighted by atomic mass is 10.1. The molecule has 2 heterocycles. The molecular weight excluding hydrogens is 454 g/mol. The zero-order chi connectivity index (χ0) is 23.4. The standard InChI is InChI=1S/C24H31N5O2S2/c1-17(2)31-23-9-8-20(33(25)30)14-21(23)26-24-27-22(16-32-24)19-6-4-18(5-7-19)15-29-12-10-28(3)11-13-29/h4-9,14,16-17H,10-13,15,25H2,1-3H3,(H,26,27). The van der Waals surface area contributed by atoms with E-state index in [2.05, 4.69) is 46.4 Å². The third-order valence-corrected chi connectivity index (χ3v) is 7.02. The lowest BCUT2D eigenvalue weighted by molar-refractivity contribution is 0.148. The number of benzene rings is 2. The van der Waals surface area contributed by atoms with E-state index in [0.717, 1.165) is 49.1 Å². The van der Waals surface area contributed by atoms with Gasteiger partial charge in [-0.05, 0) is 44.7 Å². The highest BCUT2D eigenvalue weighted by atomic mass is 32.2. The van der Waals surface area contributed by atoms with Crippen LogP contribution in [0.5, 0.6) is 5.75 Å². The van der Waals surface area contributed by atoms with Crippen LogP contribution in [0.1, 0.15) is 19.4 Å². The van der Waals surface area contributed by atoms with Gasteiger partial charge in [-0.25, -0.2) is 14.3 Å².